The number of sulfonamides is 1. The van der Waals surface area contributed by atoms with Crippen LogP contribution in [-0.4, -0.2) is 60.7 Å². The maximum atomic E-state index is 12.8. The molecule has 2 amide bonds. The Morgan fingerprint density at radius 2 is 1.62 bits per heavy atom. The smallest absolute Gasteiger partial charge is 0.255 e. The number of rotatable bonds is 4. The second-order valence-electron chi connectivity index (χ2n) is 6.89. The fourth-order valence-electron chi connectivity index (χ4n) is 3.06. The molecule has 0 bridgehead atoms. The molecule has 154 valence electrons. The molecule has 2 aromatic rings. The van der Waals surface area contributed by atoms with Gasteiger partial charge in [0, 0.05) is 50.4 Å². The van der Waals surface area contributed by atoms with Crippen molar-refractivity contribution in [3.05, 3.63) is 53.6 Å². The van der Waals surface area contributed by atoms with Crippen LogP contribution in [0.3, 0.4) is 0 Å². The summed E-state index contributed by atoms with van der Waals surface area (Å²) in [5.74, 6) is -0.402. The van der Waals surface area contributed by atoms with Gasteiger partial charge in [-0.25, -0.2) is 8.42 Å². The van der Waals surface area contributed by atoms with Crippen molar-refractivity contribution in [2.45, 2.75) is 18.7 Å². The number of hydrogen-bond donors (Lipinski definition) is 2. The summed E-state index contributed by atoms with van der Waals surface area (Å²) in [6.07, 6.45) is 0. The Bertz CT molecular complexity index is 1030. The number of piperazine rings is 1. The van der Waals surface area contributed by atoms with Crippen molar-refractivity contribution in [1.29, 1.82) is 0 Å². The third-order valence-electron chi connectivity index (χ3n) is 4.91. The fourth-order valence-corrected chi connectivity index (χ4v) is 4.48. The summed E-state index contributed by atoms with van der Waals surface area (Å²) in [6, 6.07) is 10.5. The number of carbonyl (C=O) groups excluding carboxylic acids is 2. The van der Waals surface area contributed by atoms with Crippen molar-refractivity contribution in [2.24, 2.45) is 0 Å². The van der Waals surface area contributed by atoms with E-state index in [0.29, 0.717) is 29.9 Å². The Morgan fingerprint density at radius 3 is 2.17 bits per heavy atom. The topological polar surface area (TPSA) is 107 Å². The van der Waals surface area contributed by atoms with Gasteiger partial charge in [0.05, 0.1) is 4.90 Å². The van der Waals surface area contributed by atoms with Gasteiger partial charge < -0.3 is 15.3 Å². The van der Waals surface area contributed by atoms with Gasteiger partial charge in [-0.2, -0.15) is 4.31 Å². The number of nitrogens with one attached hydrogen (secondary N) is 1. The second kappa shape index (κ2) is 8.22. The SMILES string of the molecule is CC(=O)N1CCN(S(=O)(=O)c2ccc(C(=O)Nc3ccc(C)c(O)c3)cc2)CC1. The quantitative estimate of drug-likeness (QED) is 0.789. The largest absolute Gasteiger partial charge is 0.508 e. The van der Waals surface area contributed by atoms with Crippen LogP contribution in [0.2, 0.25) is 0 Å². The lowest BCUT2D eigenvalue weighted by molar-refractivity contribution is -0.129. The van der Waals surface area contributed by atoms with Crippen molar-refractivity contribution in [3.8, 4) is 5.75 Å². The standard InChI is InChI=1S/C20H23N3O5S/c1-14-3-6-17(13-19(14)25)21-20(26)16-4-7-18(8-5-16)29(27,28)23-11-9-22(10-12-23)15(2)24/h3-8,13,25H,9-12H2,1-2H3,(H,21,26). The lowest BCUT2D eigenvalue weighted by atomic mass is 10.2. The number of hydrogen-bond acceptors (Lipinski definition) is 5. The third-order valence-corrected chi connectivity index (χ3v) is 6.82. The summed E-state index contributed by atoms with van der Waals surface area (Å²) in [6.45, 7) is 4.41. The molecule has 8 nitrogen and oxygen atoms in total. The first-order valence-electron chi connectivity index (χ1n) is 9.15. The summed E-state index contributed by atoms with van der Waals surface area (Å²) in [7, 11) is -3.69. The molecule has 9 heteroatoms. The molecular weight excluding hydrogens is 394 g/mol. The minimum atomic E-state index is -3.69. The van der Waals surface area contributed by atoms with E-state index in [9.17, 15) is 23.1 Å². The predicted octanol–water partition coefficient (Wildman–Crippen LogP) is 1.81. The number of benzene rings is 2. The first-order valence-corrected chi connectivity index (χ1v) is 10.6. The fraction of sp³-hybridized carbons (Fsp3) is 0.300. The highest BCUT2D eigenvalue weighted by molar-refractivity contribution is 7.89. The van der Waals surface area contributed by atoms with E-state index in [2.05, 4.69) is 5.32 Å². The molecule has 2 N–H and O–H groups in total. The van der Waals surface area contributed by atoms with Crippen LogP contribution in [0, 0.1) is 6.92 Å². The monoisotopic (exact) mass is 417 g/mol. The Hall–Kier alpha value is -2.91. The van der Waals surface area contributed by atoms with E-state index in [1.807, 2.05) is 0 Å². The molecule has 1 heterocycles. The van der Waals surface area contributed by atoms with Gasteiger partial charge in [0.2, 0.25) is 15.9 Å². The molecule has 1 saturated heterocycles. The number of carbonyl (C=O) groups is 2. The normalized spacial score (nSPS) is 15.2. The molecular formula is C20H23N3O5S. The highest BCUT2D eigenvalue weighted by Crippen LogP contribution is 2.22. The van der Waals surface area contributed by atoms with E-state index >= 15 is 0 Å². The summed E-state index contributed by atoms with van der Waals surface area (Å²) >= 11 is 0. The summed E-state index contributed by atoms with van der Waals surface area (Å²) < 4.78 is 26.9. The Kier molecular flexibility index (Phi) is 5.90. The number of aryl methyl sites for hydroxylation is 1. The van der Waals surface area contributed by atoms with E-state index in [4.69, 9.17) is 0 Å². The van der Waals surface area contributed by atoms with E-state index in [1.165, 1.54) is 41.6 Å². The lowest BCUT2D eigenvalue weighted by Gasteiger charge is -2.33. The molecule has 0 saturated carbocycles. The third kappa shape index (κ3) is 4.57. The van der Waals surface area contributed by atoms with Gasteiger partial charge in [-0.1, -0.05) is 6.07 Å². The Morgan fingerprint density at radius 1 is 1.00 bits per heavy atom. The molecule has 0 spiro atoms. The van der Waals surface area contributed by atoms with Crippen LogP contribution in [0.25, 0.3) is 0 Å². The van der Waals surface area contributed by atoms with Gasteiger partial charge in [0.15, 0.2) is 0 Å². The average molecular weight is 417 g/mol. The van der Waals surface area contributed by atoms with E-state index in [0.717, 1.165) is 0 Å². The van der Waals surface area contributed by atoms with Crippen LogP contribution in [-0.2, 0) is 14.8 Å². The molecule has 2 aromatic carbocycles. The van der Waals surface area contributed by atoms with Crippen LogP contribution < -0.4 is 5.32 Å². The van der Waals surface area contributed by atoms with Gasteiger partial charge in [-0.05, 0) is 42.8 Å². The molecule has 1 aliphatic heterocycles. The van der Waals surface area contributed by atoms with Crippen LogP contribution in [0.1, 0.15) is 22.8 Å². The number of anilines is 1. The molecule has 0 unspecified atom stereocenters. The van der Waals surface area contributed by atoms with E-state index < -0.39 is 15.9 Å². The number of nitrogens with zero attached hydrogens (tertiary/aromatic N) is 2. The molecule has 0 aromatic heterocycles. The molecule has 0 atom stereocenters. The first kappa shape index (κ1) is 20.8. The van der Waals surface area contributed by atoms with Crippen molar-refractivity contribution < 1.29 is 23.1 Å². The summed E-state index contributed by atoms with van der Waals surface area (Å²) in [5.41, 5.74) is 1.44. The van der Waals surface area contributed by atoms with Crippen LogP contribution >= 0.6 is 0 Å². The van der Waals surface area contributed by atoms with E-state index in [1.54, 1.807) is 24.0 Å². The summed E-state index contributed by atoms with van der Waals surface area (Å²) in [4.78, 5) is 25.5. The van der Waals surface area contributed by atoms with Gasteiger partial charge in [0.25, 0.3) is 5.91 Å². The van der Waals surface area contributed by atoms with Crippen LogP contribution in [0.4, 0.5) is 5.69 Å². The van der Waals surface area contributed by atoms with Gasteiger partial charge in [-0.15, -0.1) is 0 Å². The van der Waals surface area contributed by atoms with Crippen molar-refractivity contribution in [1.82, 2.24) is 9.21 Å². The van der Waals surface area contributed by atoms with Crippen LogP contribution in [0.5, 0.6) is 5.75 Å². The van der Waals surface area contributed by atoms with E-state index in [-0.39, 0.29) is 29.6 Å². The second-order valence-corrected chi connectivity index (χ2v) is 8.83. The number of amides is 2. The Balaban J connectivity index is 1.69. The van der Waals surface area contributed by atoms with Gasteiger partial charge in [0.1, 0.15) is 5.75 Å². The van der Waals surface area contributed by atoms with Crippen LogP contribution in [0.15, 0.2) is 47.4 Å². The highest BCUT2D eigenvalue weighted by atomic mass is 32.2. The molecule has 1 fully saturated rings. The number of aromatic hydroxyl groups is 1. The highest BCUT2D eigenvalue weighted by Gasteiger charge is 2.29. The first-order chi connectivity index (χ1) is 13.7. The summed E-state index contributed by atoms with van der Waals surface area (Å²) in [5, 5.41) is 12.4. The lowest BCUT2D eigenvalue weighted by Crippen LogP contribution is -2.49. The molecule has 3 rings (SSSR count). The predicted molar refractivity (Wildman–Crippen MR) is 108 cm³/mol. The van der Waals surface area contributed by atoms with Crippen molar-refractivity contribution >= 4 is 27.5 Å². The maximum absolute atomic E-state index is 12.8. The zero-order valence-electron chi connectivity index (χ0n) is 16.3. The van der Waals surface area contributed by atoms with Crippen molar-refractivity contribution in [2.75, 3.05) is 31.5 Å². The van der Waals surface area contributed by atoms with Gasteiger partial charge >= 0.3 is 0 Å². The zero-order chi connectivity index (χ0) is 21.2. The average Bonchev–Trinajstić information content (AvgIpc) is 2.71. The minimum absolute atomic E-state index is 0.0701. The number of phenols is 1. The molecule has 0 aliphatic carbocycles. The zero-order valence-corrected chi connectivity index (χ0v) is 17.1. The van der Waals surface area contributed by atoms with Gasteiger partial charge in [-0.3, -0.25) is 9.59 Å². The number of phenolic OH excluding ortho intramolecular Hbond substituents is 1. The molecule has 1 aliphatic rings. The molecule has 29 heavy (non-hydrogen) atoms. The minimum Gasteiger partial charge on any atom is -0.508 e. The Labute approximate surface area is 169 Å². The molecule has 0 radical (unpaired) electrons. The van der Waals surface area contributed by atoms with Crippen molar-refractivity contribution in [3.63, 3.8) is 0 Å². The maximum Gasteiger partial charge on any atom is 0.255 e.